The number of nitrogens with one attached hydrogen (secondary N) is 2. The fraction of sp³-hybridized carbons (Fsp3) is 0.0870. The molecule has 1 heterocycles. The van der Waals surface area contributed by atoms with Crippen molar-refractivity contribution in [2.45, 2.75) is 12.0 Å². The molecule has 0 aliphatic carbocycles. The number of carbonyl (C=O) groups is 1. The molecule has 3 aromatic rings. The van der Waals surface area contributed by atoms with Crippen LogP contribution in [0.3, 0.4) is 0 Å². The van der Waals surface area contributed by atoms with Crippen molar-refractivity contribution in [2.24, 2.45) is 0 Å². The Balaban J connectivity index is 1.70. The Morgan fingerprint density at radius 2 is 1.50 bits per heavy atom. The van der Waals surface area contributed by atoms with Crippen LogP contribution < -0.4 is 10.6 Å². The van der Waals surface area contributed by atoms with Gasteiger partial charge in [0.05, 0.1) is 0 Å². The topological polar surface area (TPSA) is 41.1 Å². The van der Waals surface area contributed by atoms with Crippen LogP contribution in [0.5, 0.6) is 0 Å². The van der Waals surface area contributed by atoms with Gasteiger partial charge in [-0.2, -0.15) is 0 Å². The van der Waals surface area contributed by atoms with E-state index in [1.807, 2.05) is 72.8 Å². The summed E-state index contributed by atoms with van der Waals surface area (Å²) in [6.07, 6.45) is 4.68. The lowest BCUT2D eigenvalue weighted by Gasteiger charge is -2.29. The van der Waals surface area contributed by atoms with Gasteiger partial charge in [-0.15, -0.1) is 0 Å². The molecule has 128 valence electrons. The van der Waals surface area contributed by atoms with Crippen molar-refractivity contribution < 1.29 is 4.79 Å². The summed E-state index contributed by atoms with van der Waals surface area (Å²) in [7, 11) is 0. The minimum Gasteiger partial charge on any atom is -0.367 e. The van der Waals surface area contributed by atoms with Crippen LogP contribution in [-0.2, 0) is 10.3 Å². The zero-order valence-electron chi connectivity index (χ0n) is 14.4. The number of carbonyl (C=O) groups excluding carboxylic acids is 1. The summed E-state index contributed by atoms with van der Waals surface area (Å²) >= 11 is 0. The normalized spacial score (nSPS) is 18.5. The van der Waals surface area contributed by atoms with Gasteiger partial charge >= 0.3 is 0 Å². The largest absolute Gasteiger partial charge is 0.367 e. The van der Waals surface area contributed by atoms with Crippen LogP contribution in [0.15, 0.2) is 91.0 Å². The average molecular weight is 340 g/mol. The third kappa shape index (κ3) is 3.00. The monoisotopic (exact) mass is 340 g/mol. The molecule has 3 heteroatoms. The van der Waals surface area contributed by atoms with Crippen LogP contribution in [0.4, 0.5) is 11.4 Å². The molecule has 3 aromatic carbocycles. The maximum atomic E-state index is 13.0. The second kappa shape index (κ2) is 6.89. The SMILES string of the molecule is O=C1Nc2ccccc2[C@@]1(C/C=C/c1ccccc1)Nc1ccccc1. The molecule has 0 spiro atoms. The predicted octanol–water partition coefficient (Wildman–Crippen LogP) is 5.05. The number of amides is 1. The molecule has 0 bridgehead atoms. The van der Waals surface area contributed by atoms with E-state index in [0.29, 0.717) is 6.42 Å². The van der Waals surface area contributed by atoms with Gasteiger partial charge < -0.3 is 10.6 Å². The molecular formula is C23H20N2O. The molecule has 0 unspecified atom stereocenters. The highest BCUT2D eigenvalue weighted by Gasteiger charge is 2.45. The molecule has 4 rings (SSSR count). The van der Waals surface area contributed by atoms with Crippen LogP contribution in [-0.4, -0.2) is 5.91 Å². The highest BCUT2D eigenvalue weighted by molar-refractivity contribution is 6.07. The Morgan fingerprint density at radius 1 is 0.846 bits per heavy atom. The third-order valence-corrected chi connectivity index (χ3v) is 4.69. The quantitative estimate of drug-likeness (QED) is 0.682. The molecule has 0 radical (unpaired) electrons. The van der Waals surface area contributed by atoms with Gasteiger partial charge in [-0.1, -0.05) is 78.9 Å². The molecule has 26 heavy (non-hydrogen) atoms. The Morgan fingerprint density at radius 3 is 2.27 bits per heavy atom. The molecule has 1 atom stereocenters. The highest BCUT2D eigenvalue weighted by Crippen LogP contribution is 2.41. The van der Waals surface area contributed by atoms with Crippen LogP contribution in [0.2, 0.25) is 0 Å². The van der Waals surface area contributed by atoms with E-state index in [2.05, 4.69) is 34.9 Å². The second-order valence-electron chi connectivity index (χ2n) is 6.41. The zero-order chi connectivity index (χ0) is 17.8. The summed E-state index contributed by atoms with van der Waals surface area (Å²) in [4.78, 5) is 13.0. The van der Waals surface area contributed by atoms with Gasteiger partial charge in [0, 0.05) is 23.4 Å². The molecule has 3 nitrogen and oxygen atoms in total. The maximum Gasteiger partial charge on any atom is 0.255 e. The first-order valence-corrected chi connectivity index (χ1v) is 8.74. The molecule has 0 aromatic heterocycles. The van der Waals surface area contributed by atoms with E-state index in [1.54, 1.807) is 0 Å². The van der Waals surface area contributed by atoms with E-state index in [9.17, 15) is 4.79 Å². The van der Waals surface area contributed by atoms with Crippen molar-refractivity contribution >= 4 is 23.4 Å². The van der Waals surface area contributed by atoms with Crippen molar-refractivity contribution in [1.82, 2.24) is 0 Å². The van der Waals surface area contributed by atoms with Crippen molar-refractivity contribution in [3.8, 4) is 0 Å². The minimum atomic E-state index is -0.816. The molecule has 2 N–H and O–H groups in total. The van der Waals surface area contributed by atoms with Gasteiger partial charge in [-0.05, 0) is 23.8 Å². The van der Waals surface area contributed by atoms with Gasteiger partial charge in [0.2, 0.25) is 0 Å². The summed E-state index contributed by atoms with van der Waals surface area (Å²) in [5.41, 5.74) is 3.07. The van der Waals surface area contributed by atoms with E-state index in [4.69, 9.17) is 0 Å². The van der Waals surface area contributed by atoms with Gasteiger partial charge in [0.15, 0.2) is 0 Å². The highest BCUT2D eigenvalue weighted by atomic mass is 16.2. The number of para-hydroxylation sites is 2. The lowest BCUT2D eigenvalue weighted by atomic mass is 9.87. The van der Waals surface area contributed by atoms with Crippen LogP contribution in [0.1, 0.15) is 17.5 Å². The summed E-state index contributed by atoms with van der Waals surface area (Å²) < 4.78 is 0. The number of hydrogen-bond donors (Lipinski definition) is 2. The number of hydrogen-bond acceptors (Lipinski definition) is 2. The maximum absolute atomic E-state index is 13.0. The van der Waals surface area contributed by atoms with E-state index in [-0.39, 0.29) is 5.91 Å². The minimum absolute atomic E-state index is 0.0275. The summed E-state index contributed by atoms with van der Waals surface area (Å²) in [5, 5.41) is 6.51. The standard InChI is InChI=1S/C23H20N2O/c26-22-23(25-19-13-5-2-6-14-19,20-15-7-8-16-21(20)24-22)17-9-12-18-10-3-1-4-11-18/h1-16,25H,17H2,(H,24,26)/b12-9+/t23-/m1/s1. The van der Waals surface area contributed by atoms with Crippen molar-refractivity contribution in [1.29, 1.82) is 0 Å². The Bertz CT molecular complexity index is 935. The summed E-state index contributed by atoms with van der Waals surface area (Å²) in [6, 6.07) is 27.9. The van der Waals surface area contributed by atoms with Crippen molar-refractivity contribution in [3.63, 3.8) is 0 Å². The van der Waals surface area contributed by atoms with Crippen molar-refractivity contribution in [2.75, 3.05) is 10.6 Å². The molecule has 0 saturated carbocycles. The predicted molar refractivity (Wildman–Crippen MR) is 107 cm³/mol. The molecular weight excluding hydrogens is 320 g/mol. The summed E-state index contributed by atoms with van der Waals surface area (Å²) in [6.45, 7) is 0. The van der Waals surface area contributed by atoms with Gasteiger partial charge in [-0.3, -0.25) is 4.79 Å². The fourth-order valence-corrected chi connectivity index (χ4v) is 3.40. The molecule has 1 aliphatic heterocycles. The number of rotatable bonds is 5. The Hall–Kier alpha value is -3.33. The Labute approximate surface area is 153 Å². The van der Waals surface area contributed by atoms with E-state index in [0.717, 1.165) is 22.5 Å². The fourth-order valence-electron chi connectivity index (χ4n) is 3.40. The lowest BCUT2D eigenvalue weighted by molar-refractivity contribution is -0.119. The molecule has 0 fully saturated rings. The molecule has 1 aliphatic rings. The van der Waals surface area contributed by atoms with Crippen molar-refractivity contribution in [3.05, 3.63) is 102 Å². The van der Waals surface area contributed by atoms with Crippen LogP contribution >= 0.6 is 0 Å². The van der Waals surface area contributed by atoms with Crippen LogP contribution in [0, 0.1) is 0 Å². The van der Waals surface area contributed by atoms with E-state index in [1.165, 1.54) is 0 Å². The molecule has 0 saturated heterocycles. The number of benzene rings is 3. The smallest absolute Gasteiger partial charge is 0.255 e. The van der Waals surface area contributed by atoms with E-state index >= 15 is 0 Å². The third-order valence-electron chi connectivity index (χ3n) is 4.69. The van der Waals surface area contributed by atoms with Gasteiger partial charge in [0.25, 0.3) is 5.91 Å². The first-order valence-electron chi connectivity index (χ1n) is 8.74. The van der Waals surface area contributed by atoms with Crippen LogP contribution in [0.25, 0.3) is 6.08 Å². The first-order chi connectivity index (χ1) is 12.8. The van der Waals surface area contributed by atoms with Gasteiger partial charge in [0.1, 0.15) is 5.54 Å². The summed E-state index contributed by atoms with van der Waals surface area (Å²) in [5.74, 6) is -0.0275. The number of fused-ring (bicyclic) bond motifs is 1. The average Bonchev–Trinajstić information content (AvgIpc) is 2.95. The number of anilines is 2. The zero-order valence-corrected chi connectivity index (χ0v) is 14.4. The Kier molecular flexibility index (Phi) is 4.28. The van der Waals surface area contributed by atoms with E-state index < -0.39 is 5.54 Å². The second-order valence-corrected chi connectivity index (χ2v) is 6.41. The first kappa shape index (κ1) is 16.2. The molecule has 1 amide bonds. The van der Waals surface area contributed by atoms with Gasteiger partial charge in [-0.25, -0.2) is 0 Å². The lowest BCUT2D eigenvalue weighted by Crippen LogP contribution is -2.41.